The van der Waals surface area contributed by atoms with Gasteiger partial charge in [0, 0.05) is 11.4 Å². The second kappa shape index (κ2) is 8.14. The Morgan fingerprint density at radius 2 is 1.43 bits per heavy atom. The number of rotatable bonds is 4. The summed E-state index contributed by atoms with van der Waals surface area (Å²) in [6.07, 6.45) is 0. The molecule has 0 spiro atoms. The third kappa shape index (κ3) is 4.22. The van der Waals surface area contributed by atoms with Gasteiger partial charge in [-0.05, 0) is 55.3 Å². The van der Waals surface area contributed by atoms with Crippen LogP contribution in [-0.2, 0) is 0 Å². The van der Waals surface area contributed by atoms with Crippen LogP contribution in [0.3, 0.4) is 0 Å². The molecule has 0 fully saturated rings. The van der Waals surface area contributed by atoms with E-state index in [0.717, 1.165) is 16.8 Å². The molecule has 28 heavy (non-hydrogen) atoms. The molecule has 0 aliphatic heterocycles. The summed E-state index contributed by atoms with van der Waals surface area (Å²) in [7, 11) is 0. The third-order valence-electron chi connectivity index (χ3n) is 4.18. The molecule has 0 atom stereocenters. The minimum Gasteiger partial charge on any atom is -0.321 e. The molecule has 6 nitrogen and oxygen atoms in total. The quantitative estimate of drug-likeness (QED) is 0.723. The summed E-state index contributed by atoms with van der Waals surface area (Å²) in [5.74, 6) is -0.852. The Morgan fingerprint density at radius 1 is 0.857 bits per heavy atom. The van der Waals surface area contributed by atoms with Crippen LogP contribution in [0, 0.1) is 25.2 Å². The molecule has 2 aromatic carbocycles. The molecule has 3 rings (SSSR count). The van der Waals surface area contributed by atoms with Crippen molar-refractivity contribution in [1.29, 1.82) is 5.26 Å². The summed E-state index contributed by atoms with van der Waals surface area (Å²) in [6, 6.07) is 19.0. The van der Waals surface area contributed by atoms with E-state index in [9.17, 15) is 9.59 Å². The van der Waals surface area contributed by atoms with Gasteiger partial charge in [0.25, 0.3) is 11.8 Å². The smallest absolute Gasteiger partial charge is 0.274 e. The normalized spacial score (nSPS) is 10.0. The van der Waals surface area contributed by atoms with Gasteiger partial charge in [-0.3, -0.25) is 9.59 Å². The van der Waals surface area contributed by atoms with Crippen LogP contribution in [0.2, 0.25) is 0 Å². The van der Waals surface area contributed by atoms with Crippen molar-refractivity contribution in [1.82, 2.24) is 4.98 Å². The molecule has 0 aliphatic rings. The molecule has 138 valence electrons. The predicted octanol–water partition coefficient (Wildman–Crippen LogP) is 4.07. The van der Waals surface area contributed by atoms with Gasteiger partial charge >= 0.3 is 0 Å². The van der Waals surface area contributed by atoms with Crippen LogP contribution in [0.5, 0.6) is 0 Å². The molecule has 0 aliphatic carbocycles. The van der Waals surface area contributed by atoms with Gasteiger partial charge in [-0.2, -0.15) is 5.26 Å². The lowest BCUT2D eigenvalue weighted by Gasteiger charge is -2.11. The van der Waals surface area contributed by atoms with Crippen molar-refractivity contribution >= 4 is 23.2 Å². The van der Waals surface area contributed by atoms with Crippen molar-refractivity contribution in [3.8, 4) is 6.07 Å². The Labute approximate surface area is 162 Å². The van der Waals surface area contributed by atoms with Gasteiger partial charge in [-0.25, -0.2) is 4.98 Å². The maximum Gasteiger partial charge on any atom is 0.274 e. The summed E-state index contributed by atoms with van der Waals surface area (Å²) in [6.45, 7) is 3.82. The number of aromatic nitrogens is 1. The van der Waals surface area contributed by atoms with Gasteiger partial charge < -0.3 is 10.6 Å². The van der Waals surface area contributed by atoms with Crippen LogP contribution in [0.15, 0.2) is 60.7 Å². The molecule has 3 aromatic rings. The first kappa shape index (κ1) is 18.8. The van der Waals surface area contributed by atoms with Gasteiger partial charge in [-0.15, -0.1) is 0 Å². The van der Waals surface area contributed by atoms with E-state index in [1.165, 1.54) is 6.07 Å². The van der Waals surface area contributed by atoms with E-state index in [-0.39, 0.29) is 11.4 Å². The molecular formula is C22H18N4O2. The fraction of sp³-hybridized carbons (Fsp3) is 0.0909. The van der Waals surface area contributed by atoms with E-state index < -0.39 is 11.8 Å². The Hall–Kier alpha value is -3.98. The summed E-state index contributed by atoms with van der Waals surface area (Å²) in [5, 5.41) is 14.5. The maximum absolute atomic E-state index is 12.6. The van der Waals surface area contributed by atoms with Crippen molar-refractivity contribution in [2.24, 2.45) is 0 Å². The summed E-state index contributed by atoms with van der Waals surface area (Å²) >= 11 is 0. The van der Waals surface area contributed by atoms with Crippen molar-refractivity contribution < 1.29 is 9.59 Å². The van der Waals surface area contributed by atoms with E-state index >= 15 is 0 Å². The number of aryl methyl sites for hydroxylation is 2. The Bertz CT molecular complexity index is 1080. The van der Waals surface area contributed by atoms with Crippen molar-refractivity contribution in [2.45, 2.75) is 13.8 Å². The van der Waals surface area contributed by atoms with Crippen LogP contribution in [0.4, 0.5) is 11.4 Å². The third-order valence-corrected chi connectivity index (χ3v) is 4.18. The Balaban J connectivity index is 1.78. The molecule has 2 N–H and O–H groups in total. The average molecular weight is 370 g/mol. The SMILES string of the molecule is Cc1cccc(C)c1NC(=O)c1cccc(C(=O)Nc2cccc(C#N)c2)n1. The second-order valence-electron chi connectivity index (χ2n) is 6.28. The molecule has 0 radical (unpaired) electrons. The first-order valence-corrected chi connectivity index (χ1v) is 8.64. The van der Waals surface area contributed by atoms with Crippen LogP contribution in [0.25, 0.3) is 0 Å². The van der Waals surface area contributed by atoms with E-state index in [0.29, 0.717) is 11.3 Å². The highest BCUT2D eigenvalue weighted by molar-refractivity contribution is 6.06. The molecule has 0 unspecified atom stereocenters. The van der Waals surface area contributed by atoms with Gasteiger partial charge in [-0.1, -0.05) is 30.3 Å². The standard InChI is InChI=1S/C22H18N4O2/c1-14-6-3-7-15(2)20(14)26-22(28)19-11-5-10-18(25-19)21(27)24-17-9-4-8-16(12-17)13-23/h3-12H,1-2H3,(H,24,27)(H,26,28). The fourth-order valence-corrected chi connectivity index (χ4v) is 2.74. The van der Waals surface area contributed by atoms with Crippen molar-refractivity contribution in [3.05, 3.63) is 88.7 Å². The number of nitriles is 1. The van der Waals surface area contributed by atoms with Crippen LogP contribution >= 0.6 is 0 Å². The van der Waals surface area contributed by atoms with Crippen molar-refractivity contribution in [3.63, 3.8) is 0 Å². The zero-order valence-electron chi connectivity index (χ0n) is 15.5. The Kier molecular flexibility index (Phi) is 5.47. The van der Waals surface area contributed by atoms with Crippen LogP contribution in [0.1, 0.15) is 37.7 Å². The number of amides is 2. The van der Waals surface area contributed by atoms with E-state index in [4.69, 9.17) is 5.26 Å². The number of para-hydroxylation sites is 1. The largest absolute Gasteiger partial charge is 0.321 e. The monoisotopic (exact) mass is 370 g/mol. The first-order chi connectivity index (χ1) is 13.5. The first-order valence-electron chi connectivity index (χ1n) is 8.64. The lowest BCUT2D eigenvalue weighted by molar-refractivity contribution is 0.101. The van der Waals surface area contributed by atoms with Crippen LogP contribution in [-0.4, -0.2) is 16.8 Å². The molecule has 2 amide bonds. The number of benzene rings is 2. The number of pyridine rings is 1. The molecule has 0 saturated heterocycles. The van der Waals surface area contributed by atoms with Gasteiger partial charge in [0.2, 0.25) is 0 Å². The van der Waals surface area contributed by atoms with E-state index in [2.05, 4.69) is 15.6 Å². The molecule has 1 heterocycles. The predicted molar refractivity (Wildman–Crippen MR) is 107 cm³/mol. The number of hydrogen-bond acceptors (Lipinski definition) is 4. The fourth-order valence-electron chi connectivity index (χ4n) is 2.74. The molecule has 1 aromatic heterocycles. The lowest BCUT2D eigenvalue weighted by Crippen LogP contribution is -2.19. The highest BCUT2D eigenvalue weighted by Crippen LogP contribution is 2.20. The minimum atomic E-state index is -0.461. The van der Waals surface area contributed by atoms with Gasteiger partial charge in [0.1, 0.15) is 11.4 Å². The molecule has 0 bridgehead atoms. The van der Waals surface area contributed by atoms with E-state index in [1.807, 2.05) is 38.1 Å². The van der Waals surface area contributed by atoms with Gasteiger partial charge in [0.05, 0.1) is 11.6 Å². The lowest BCUT2D eigenvalue weighted by atomic mass is 10.1. The topological polar surface area (TPSA) is 94.9 Å². The zero-order valence-corrected chi connectivity index (χ0v) is 15.5. The van der Waals surface area contributed by atoms with Gasteiger partial charge in [0.15, 0.2) is 0 Å². The number of hydrogen-bond donors (Lipinski definition) is 2. The molecular weight excluding hydrogens is 352 g/mol. The molecule has 0 saturated carbocycles. The summed E-state index contributed by atoms with van der Waals surface area (Å²) in [4.78, 5) is 29.2. The maximum atomic E-state index is 12.6. The zero-order chi connectivity index (χ0) is 20.1. The second-order valence-corrected chi connectivity index (χ2v) is 6.28. The highest BCUT2D eigenvalue weighted by atomic mass is 16.2. The van der Waals surface area contributed by atoms with Crippen LogP contribution < -0.4 is 10.6 Å². The number of carbonyl (C=O) groups is 2. The molecule has 6 heteroatoms. The number of anilines is 2. The number of nitrogens with zero attached hydrogens (tertiary/aromatic N) is 2. The highest BCUT2D eigenvalue weighted by Gasteiger charge is 2.14. The minimum absolute atomic E-state index is 0.108. The Morgan fingerprint density at radius 3 is 2.07 bits per heavy atom. The number of carbonyl (C=O) groups excluding carboxylic acids is 2. The van der Waals surface area contributed by atoms with Crippen molar-refractivity contribution in [2.75, 3.05) is 10.6 Å². The summed E-state index contributed by atoms with van der Waals surface area (Å²) in [5.41, 5.74) is 3.79. The number of nitrogens with one attached hydrogen (secondary N) is 2. The van der Waals surface area contributed by atoms with E-state index in [1.54, 1.807) is 36.4 Å². The average Bonchev–Trinajstić information content (AvgIpc) is 2.71. The summed E-state index contributed by atoms with van der Waals surface area (Å²) < 4.78 is 0.